The Morgan fingerprint density at radius 1 is 1.04 bits per heavy atom. The summed E-state index contributed by atoms with van der Waals surface area (Å²) in [5, 5.41) is 11.4. The van der Waals surface area contributed by atoms with Crippen molar-refractivity contribution in [3.8, 4) is 0 Å². The molecule has 3 rings (SSSR count). The Morgan fingerprint density at radius 3 is 2.17 bits per heavy atom. The monoisotopic (exact) mass is 323 g/mol. The molecule has 1 heterocycles. The van der Waals surface area contributed by atoms with Gasteiger partial charge < -0.3 is 10.0 Å². The summed E-state index contributed by atoms with van der Waals surface area (Å²) < 4.78 is 0. The van der Waals surface area contributed by atoms with Gasteiger partial charge in [0.05, 0.1) is 5.92 Å². The van der Waals surface area contributed by atoms with Crippen LogP contribution in [-0.2, 0) is 5.60 Å². The summed E-state index contributed by atoms with van der Waals surface area (Å²) >= 11 is 0. The summed E-state index contributed by atoms with van der Waals surface area (Å²) in [6, 6.07) is 15.5. The highest BCUT2D eigenvalue weighted by atomic mass is 16.3. The Balaban J connectivity index is 1.98. The molecule has 0 aromatic heterocycles. The van der Waals surface area contributed by atoms with Gasteiger partial charge in [-0.2, -0.15) is 0 Å². The summed E-state index contributed by atoms with van der Waals surface area (Å²) in [6.07, 6.45) is 0.564. The zero-order chi connectivity index (χ0) is 17.3. The molecule has 1 aliphatic heterocycles. The van der Waals surface area contributed by atoms with Gasteiger partial charge in [0.1, 0.15) is 5.60 Å². The first-order valence-electron chi connectivity index (χ1n) is 8.49. The molecule has 0 bridgehead atoms. The smallest absolute Gasteiger partial charge is 0.170 e. The van der Waals surface area contributed by atoms with E-state index in [0.29, 0.717) is 18.5 Å². The van der Waals surface area contributed by atoms with Crippen LogP contribution in [0.3, 0.4) is 0 Å². The molecule has 1 N–H and O–H groups in total. The van der Waals surface area contributed by atoms with Crippen LogP contribution in [0.5, 0.6) is 0 Å². The van der Waals surface area contributed by atoms with Gasteiger partial charge in [-0.05, 0) is 32.9 Å². The van der Waals surface area contributed by atoms with Crippen LogP contribution in [0.4, 0.5) is 0 Å². The maximum Gasteiger partial charge on any atom is 0.170 e. The summed E-state index contributed by atoms with van der Waals surface area (Å²) in [5.41, 5.74) is 2.68. The molecule has 1 saturated heterocycles. The van der Waals surface area contributed by atoms with Crippen molar-refractivity contribution in [2.24, 2.45) is 5.92 Å². The van der Waals surface area contributed by atoms with E-state index in [2.05, 4.69) is 4.90 Å². The lowest BCUT2D eigenvalue weighted by molar-refractivity contribution is -0.0594. The van der Waals surface area contributed by atoms with Crippen molar-refractivity contribution in [3.05, 3.63) is 70.8 Å². The van der Waals surface area contributed by atoms with E-state index in [-0.39, 0.29) is 5.78 Å². The molecule has 0 amide bonds. The maximum atomic E-state index is 13.1. The number of piperidine rings is 1. The standard InChI is InChI=1S/C21H25NO2/c1-15-4-8-17(9-5-15)20(23)19-14-22(3)13-12-21(19,24)18-10-6-16(2)7-11-18/h4-11,19,24H,12-14H2,1-3H3/t19-,21+/m0/s1. The second kappa shape index (κ2) is 6.50. The van der Waals surface area contributed by atoms with E-state index in [0.717, 1.165) is 23.2 Å². The Morgan fingerprint density at radius 2 is 1.58 bits per heavy atom. The number of benzene rings is 2. The fourth-order valence-electron chi connectivity index (χ4n) is 3.50. The normalized spacial score (nSPS) is 24.8. The molecule has 2 aromatic carbocycles. The van der Waals surface area contributed by atoms with E-state index in [1.54, 1.807) is 0 Å². The highest BCUT2D eigenvalue weighted by Crippen LogP contribution is 2.39. The number of nitrogens with zero attached hydrogens (tertiary/aromatic N) is 1. The largest absolute Gasteiger partial charge is 0.384 e. The first-order chi connectivity index (χ1) is 11.4. The molecule has 0 aliphatic carbocycles. The summed E-state index contributed by atoms with van der Waals surface area (Å²) in [6.45, 7) is 5.38. The van der Waals surface area contributed by atoms with Gasteiger partial charge in [-0.3, -0.25) is 4.79 Å². The van der Waals surface area contributed by atoms with Gasteiger partial charge in [-0.15, -0.1) is 0 Å². The fraction of sp³-hybridized carbons (Fsp3) is 0.381. The van der Waals surface area contributed by atoms with Gasteiger partial charge in [0.25, 0.3) is 0 Å². The van der Waals surface area contributed by atoms with E-state index in [1.165, 1.54) is 0 Å². The van der Waals surface area contributed by atoms with Crippen LogP contribution >= 0.6 is 0 Å². The first-order valence-corrected chi connectivity index (χ1v) is 8.49. The molecule has 0 unspecified atom stereocenters. The van der Waals surface area contributed by atoms with Crippen molar-refractivity contribution < 1.29 is 9.90 Å². The average Bonchev–Trinajstić information content (AvgIpc) is 2.58. The molecule has 3 nitrogen and oxygen atoms in total. The van der Waals surface area contributed by atoms with E-state index in [1.807, 2.05) is 69.4 Å². The predicted octanol–water partition coefficient (Wildman–Crippen LogP) is 3.33. The van der Waals surface area contributed by atoms with Crippen molar-refractivity contribution in [1.82, 2.24) is 4.90 Å². The fourth-order valence-corrected chi connectivity index (χ4v) is 3.50. The lowest BCUT2D eigenvalue weighted by Gasteiger charge is -2.43. The summed E-state index contributed by atoms with van der Waals surface area (Å²) in [7, 11) is 2.00. The van der Waals surface area contributed by atoms with E-state index >= 15 is 0 Å². The van der Waals surface area contributed by atoms with Gasteiger partial charge in [0.2, 0.25) is 0 Å². The highest BCUT2D eigenvalue weighted by Gasteiger charge is 2.46. The van der Waals surface area contributed by atoms with Crippen LogP contribution in [0, 0.1) is 19.8 Å². The van der Waals surface area contributed by atoms with E-state index < -0.39 is 11.5 Å². The predicted molar refractivity (Wildman–Crippen MR) is 96.2 cm³/mol. The third-order valence-electron chi connectivity index (χ3n) is 5.15. The van der Waals surface area contributed by atoms with Crippen molar-refractivity contribution in [2.75, 3.05) is 20.1 Å². The van der Waals surface area contributed by atoms with Gasteiger partial charge in [0.15, 0.2) is 5.78 Å². The molecule has 2 aromatic rings. The quantitative estimate of drug-likeness (QED) is 0.881. The minimum absolute atomic E-state index is 0.0182. The Kier molecular flexibility index (Phi) is 4.57. The number of Topliss-reactive ketones (excluding diaryl/α,β-unsaturated/α-hetero) is 1. The Labute approximate surface area is 143 Å². The van der Waals surface area contributed by atoms with Crippen LogP contribution in [0.25, 0.3) is 0 Å². The number of likely N-dealkylation sites (tertiary alicyclic amines) is 1. The molecule has 2 atom stereocenters. The third-order valence-corrected chi connectivity index (χ3v) is 5.15. The molecule has 126 valence electrons. The topological polar surface area (TPSA) is 40.5 Å². The number of carbonyl (C=O) groups is 1. The highest BCUT2D eigenvalue weighted by molar-refractivity contribution is 5.99. The zero-order valence-electron chi connectivity index (χ0n) is 14.6. The first kappa shape index (κ1) is 16.9. The SMILES string of the molecule is Cc1ccc(C(=O)[C@@H]2CN(C)CC[C@@]2(O)c2ccc(C)cc2)cc1. The van der Waals surface area contributed by atoms with E-state index in [9.17, 15) is 9.90 Å². The molecule has 0 saturated carbocycles. The lowest BCUT2D eigenvalue weighted by Crippen LogP contribution is -2.52. The Hall–Kier alpha value is -1.97. The van der Waals surface area contributed by atoms with Crippen LogP contribution in [0.2, 0.25) is 0 Å². The number of hydrogen-bond acceptors (Lipinski definition) is 3. The van der Waals surface area contributed by atoms with E-state index in [4.69, 9.17) is 0 Å². The van der Waals surface area contributed by atoms with Crippen LogP contribution in [0.1, 0.15) is 33.5 Å². The van der Waals surface area contributed by atoms with Gasteiger partial charge >= 0.3 is 0 Å². The molecule has 0 spiro atoms. The number of aliphatic hydroxyl groups is 1. The molecule has 3 heteroatoms. The minimum Gasteiger partial charge on any atom is -0.384 e. The number of rotatable bonds is 3. The third kappa shape index (κ3) is 3.14. The summed E-state index contributed by atoms with van der Waals surface area (Å²) in [4.78, 5) is 15.3. The van der Waals surface area contributed by atoms with Crippen molar-refractivity contribution >= 4 is 5.78 Å². The molecule has 1 fully saturated rings. The van der Waals surface area contributed by atoms with Gasteiger partial charge in [0, 0.05) is 18.7 Å². The van der Waals surface area contributed by atoms with Crippen molar-refractivity contribution in [3.63, 3.8) is 0 Å². The molecule has 24 heavy (non-hydrogen) atoms. The maximum absolute atomic E-state index is 13.1. The van der Waals surface area contributed by atoms with Gasteiger partial charge in [-0.25, -0.2) is 0 Å². The van der Waals surface area contributed by atoms with Crippen LogP contribution < -0.4 is 0 Å². The number of hydrogen-bond donors (Lipinski definition) is 1. The minimum atomic E-state index is -1.11. The molecule has 1 aliphatic rings. The second-order valence-corrected chi connectivity index (χ2v) is 7.09. The second-order valence-electron chi connectivity index (χ2n) is 7.09. The van der Waals surface area contributed by atoms with Crippen molar-refractivity contribution in [2.45, 2.75) is 25.9 Å². The number of aryl methyl sites for hydroxylation is 2. The van der Waals surface area contributed by atoms with Crippen LogP contribution in [-0.4, -0.2) is 35.9 Å². The zero-order valence-corrected chi connectivity index (χ0v) is 14.6. The molecular weight excluding hydrogens is 298 g/mol. The number of ketones is 1. The molecular formula is C21H25NO2. The Bertz CT molecular complexity index is 721. The molecule has 0 radical (unpaired) electrons. The summed E-state index contributed by atoms with van der Waals surface area (Å²) in [5.74, 6) is -0.439. The van der Waals surface area contributed by atoms with Crippen LogP contribution in [0.15, 0.2) is 48.5 Å². The van der Waals surface area contributed by atoms with Crippen molar-refractivity contribution in [1.29, 1.82) is 0 Å². The van der Waals surface area contributed by atoms with Gasteiger partial charge in [-0.1, -0.05) is 59.7 Å². The lowest BCUT2D eigenvalue weighted by atomic mass is 9.72. The number of carbonyl (C=O) groups excluding carboxylic acids is 1. The average molecular weight is 323 g/mol.